The molecular weight excluding hydrogens is 961 g/mol. The summed E-state index contributed by atoms with van der Waals surface area (Å²) in [7, 11) is 0. The molecule has 0 heterocycles. The van der Waals surface area contributed by atoms with Crippen LogP contribution in [0.4, 0.5) is 5.69 Å². The first kappa shape index (κ1) is 56.0. The Hall–Kier alpha value is -9.60. The molecule has 2 amide bonds. The molecule has 73 heavy (non-hydrogen) atoms. The molecule has 0 atom stereocenters. The standard InChI is InChI=1S/C27H23NO10.C24H25NO10/c1-15(29)34-23-11-5-19(13-25(23)36-17(3)31)27(33)28-20-6-8-21(9-7-20)38-22-10-12-24(35-16(2)30)26(14-22)37-18(4)32;1-14(26)32-20-7-5-18(11-22(20)34-16(3)28)9-10-25-24(30)13-31-19-6-8-21(33-15(2)27)23(12-19)35-17(4)29/h5-14H,1-4H3,(H,28,33);5-8,11-12H,9-10,13H2,1-4H3,(H,25,30). The number of carbonyl (C=O) groups excluding carboxylic acids is 10. The molecule has 0 saturated heterocycles. The average Bonchev–Trinajstić information content (AvgIpc) is 3.28. The Balaban J connectivity index is 0.000000318. The number of ether oxygens (including phenoxy) is 10. The van der Waals surface area contributed by atoms with Gasteiger partial charge >= 0.3 is 47.8 Å². The number of hydrogen-bond donors (Lipinski definition) is 2. The molecule has 5 aromatic rings. The molecule has 0 fully saturated rings. The van der Waals surface area contributed by atoms with Crippen molar-refractivity contribution in [3.05, 3.63) is 108 Å². The second-order valence-electron chi connectivity index (χ2n) is 14.9. The molecule has 22 heteroatoms. The van der Waals surface area contributed by atoms with Crippen molar-refractivity contribution >= 4 is 65.3 Å². The minimum atomic E-state index is -0.646. The lowest BCUT2D eigenvalue weighted by Gasteiger charge is -2.12. The average molecular weight is 1010 g/mol. The topological polar surface area (TPSA) is 287 Å². The highest BCUT2D eigenvalue weighted by Gasteiger charge is 2.18. The molecule has 2 N–H and O–H groups in total. The number of benzene rings is 5. The van der Waals surface area contributed by atoms with E-state index in [9.17, 15) is 47.9 Å². The van der Waals surface area contributed by atoms with Gasteiger partial charge < -0.3 is 58.0 Å². The predicted molar refractivity (Wildman–Crippen MR) is 253 cm³/mol. The number of amides is 2. The van der Waals surface area contributed by atoms with E-state index in [1.54, 1.807) is 36.4 Å². The molecular formula is C51H48N2O20. The molecule has 0 radical (unpaired) electrons. The molecule has 0 aliphatic carbocycles. The Morgan fingerprint density at radius 2 is 0.753 bits per heavy atom. The molecule has 0 unspecified atom stereocenters. The highest BCUT2D eigenvalue weighted by atomic mass is 16.6. The first-order chi connectivity index (χ1) is 34.5. The Labute approximate surface area is 416 Å². The van der Waals surface area contributed by atoms with Gasteiger partial charge in [-0.3, -0.25) is 47.9 Å². The second-order valence-corrected chi connectivity index (χ2v) is 14.9. The third kappa shape index (κ3) is 19.7. The third-order valence-corrected chi connectivity index (χ3v) is 8.53. The summed E-state index contributed by atoms with van der Waals surface area (Å²) in [5, 5.41) is 5.38. The van der Waals surface area contributed by atoms with Crippen molar-refractivity contribution in [2.24, 2.45) is 0 Å². The molecule has 22 nitrogen and oxygen atoms in total. The zero-order valence-electron chi connectivity index (χ0n) is 40.5. The van der Waals surface area contributed by atoms with Crippen LogP contribution in [0.5, 0.6) is 63.2 Å². The number of esters is 8. The smallest absolute Gasteiger partial charge is 0.308 e. The zero-order valence-corrected chi connectivity index (χ0v) is 40.5. The lowest BCUT2D eigenvalue weighted by atomic mass is 10.1. The molecule has 5 aromatic carbocycles. The SMILES string of the molecule is CC(=O)Oc1ccc(CCNC(=O)COc2ccc(OC(C)=O)c(OC(C)=O)c2)cc1OC(C)=O.CC(=O)Oc1ccc(Oc2ccc(NC(=O)c3ccc(OC(C)=O)c(OC(C)=O)c3)cc2)cc1OC(C)=O. The van der Waals surface area contributed by atoms with E-state index >= 15 is 0 Å². The van der Waals surface area contributed by atoms with Crippen molar-refractivity contribution in [1.29, 1.82) is 0 Å². The van der Waals surface area contributed by atoms with E-state index < -0.39 is 59.6 Å². The van der Waals surface area contributed by atoms with Crippen molar-refractivity contribution in [2.45, 2.75) is 61.8 Å². The van der Waals surface area contributed by atoms with Gasteiger partial charge in [0.15, 0.2) is 52.6 Å². The minimum Gasteiger partial charge on any atom is -0.484 e. The van der Waals surface area contributed by atoms with Crippen LogP contribution in [0.2, 0.25) is 0 Å². The van der Waals surface area contributed by atoms with E-state index in [-0.39, 0.29) is 70.5 Å². The quantitative estimate of drug-likeness (QED) is 0.0694. The molecule has 0 aliphatic heterocycles. The summed E-state index contributed by atoms with van der Waals surface area (Å²) in [5.74, 6) is -4.52. The van der Waals surface area contributed by atoms with Crippen LogP contribution in [0, 0.1) is 0 Å². The van der Waals surface area contributed by atoms with E-state index in [1.807, 2.05) is 0 Å². The maximum Gasteiger partial charge on any atom is 0.308 e. The van der Waals surface area contributed by atoms with Gasteiger partial charge in [0.2, 0.25) is 0 Å². The number of nitrogens with one attached hydrogen (secondary N) is 2. The molecule has 0 bridgehead atoms. The van der Waals surface area contributed by atoms with E-state index in [1.165, 1.54) is 116 Å². The van der Waals surface area contributed by atoms with Gasteiger partial charge in [0.05, 0.1) is 0 Å². The summed E-state index contributed by atoms with van der Waals surface area (Å²) < 4.78 is 51.5. The monoisotopic (exact) mass is 1010 g/mol. The second kappa shape index (κ2) is 27.0. The van der Waals surface area contributed by atoms with Gasteiger partial charge in [0.1, 0.15) is 17.2 Å². The fourth-order valence-electron chi connectivity index (χ4n) is 5.87. The highest BCUT2D eigenvalue weighted by Crippen LogP contribution is 2.36. The molecule has 0 aromatic heterocycles. The van der Waals surface area contributed by atoms with Gasteiger partial charge in [-0.25, -0.2) is 0 Å². The summed E-state index contributed by atoms with van der Waals surface area (Å²) >= 11 is 0. The van der Waals surface area contributed by atoms with Gasteiger partial charge in [0.25, 0.3) is 11.8 Å². The van der Waals surface area contributed by atoms with Crippen molar-refractivity contribution in [3.8, 4) is 63.2 Å². The van der Waals surface area contributed by atoms with Crippen LogP contribution in [-0.4, -0.2) is 72.7 Å². The summed E-state index contributed by atoms with van der Waals surface area (Å²) in [4.78, 5) is 115. The Morgan fingerprint density at radius 1 is 0.384 bits per heavy atom. The first-order valence-corrected chi connectivity index (χ1v) is 21.5. The maximum atomic E-state index is 12.7. The van der Waals surface area contributed by atoms with Crippen molar-refractivity contribution in [1.82, 2.24) is 5.32 Å². The summed E-state index contributed by atoms with van der Waals surface area (Å²) in [6.07, 6.45) is 0.397. The molecule has 382 valence electrons. The molecule has 5 rings (SSSR count). The van der Waals surface area contributed by atoms with E-state index in [0.29, 0.717) is 23.6 Å². The van der Waals surface area contributed by atoms with E-state index in [2.05, 4.69) is 10.6 Å². The summed E-state index contributed by atoms with van der Waals surface area (Å²) in [6.45, 7) is 9.59. The largest absolute Gasteiger partial charge is 0.484 e. The van der Waals surface area contributed by atoms with Gasteiger partial charge in [-0.05, 0) is 90.8 Å². The highest BCUT2D eigenvalue weighted by molar-refractivity contribution is 6.05. The van der Waals surface area contributed by atoms with Gasteiger partial charge in [-0.2, -0.15) is 0 Å². The van der Waals surface area contributed by atoms with E-state index in [0.717, 1.165) is 5.56 Å². The minimum absolute atomic E-state index is 0.00324. The zero-order chi connectivity index (χ0) is 53.8. The number of rotatable bonds is 18. The Kier molecular flexibility index (Phi) is 20.7. The maximum absolute atomic E-state index is 12.7. The van der Waals surface area contributed by atoms with E-state index in [4.69, 9.17) is 47.4 Å². The molecule has 0 saturated carbocycles. The fourth-order valence-corrected chi connectivity index (χ4v) is 5.87. The Bertz CT molecular complexity index is 2910. The predicted octanol–water partition coefficient (Wildman–Crippen LogP) is 6.56. The van der Waals surface area contributed by atoms with Crippen LogP contribution in [-0.2, 0) is 49.6 Å². The van der Waals surface area contributed by atoms with Gasteiger partial charge in [-0.1, -0.05) is 6.07 Å². The normalized spacial score (nSPS) is 10.1. The van der Waals surface area contributed by atoms with Crippen molar-refractivity contribution in [3.63, 3.8) is 0 Å². The number of anilines is 1. The summed E-state index contributed by atoms with van der Waals surface area (Å²) in [6, 6.07) is 23.7. The summed E-state index contributed by atoms with van der Waals surface area (Å²) in [5.41, 5.74) is 1.32. The van der Waals surface area contributed by atoms with Crippen molar-refractivity contribution < 1.29 is 95.3 Å². The Morgan fingerprint density at radius 3 is 1.22 bits per heavy atom. The fraction of sp³-hybridized carbons (Fsp3) is 0.216. The van der Waals surface area contributed by atoms with Crippen LogP contribution in [0.3, 0.4) is 0 Å². The van der Waals surface area contributed by atoms with Gasteiger partial charge in [0, 0.05) is 85.3 Å². The van der Waals surface area contributed by atoms with Gasteiger partial charge in [-0.15, -0.1) is 0 Å². The lowest BCUT2D eigenvalue weighted by Crippen LogP contribution is -2.30. The number of carbonyl (C=O) groups is 10. The lowest BCUT2D eigenvalue weighted by molar-refractivity contribution is -0.134. The first-order valence-electron chi connectivity index (χ1n) is 21.5. The van der Waals surface area contributed by atoms with Crippen LogP contribution >= 0.6 is 0 Å². The van der Waals surface area contributed by atoms with Crippen LogP contribution in [0.25, 0.3) is 0 Å². The van der Waals surface area contributed by atoms with Crippen LogP contribution in [0.15, 0.2) is 97.1 Å². The van der Waals surface area contributed by atoms with Crippen LogP contribution < -0.4 is 58.0 Å². The molecule has 0 spiro atoms. The third-order valence-electron chi connectivity index (χ3n) is 8.53. The molecule has 0 aliphatic rings. The van der Waals surface area contributed by atoms with Crippen molar-refractivity contribution in [2.75, 3.05) is 18.5 Å². The number of hydrogen-bond acceptors (Lipinski definition) is 20. The van der Waals surface area contributed by atoms with Crippen LogP contribution in [0.1, 0.15) is 71.3 Å².